The highest BCUT2D eigenvalue weighted by atomic mass is 19.1. The molecule has 1 aromatic carbocycles. The van der Waals surface area contributed by atoms with E-state index in [1.165, 1.54) is 18.2 Å². The maximum atomic E-state index is 13.6. The normalized spacial score (nSPS) is 14.6. The molecule has 19 heavy (non-hydrogen) atoms. The molecule has 2 rings (SSSR count). The Labute approximate surface area is 111 Å². The Kier molecular flexibility index (Phi) is 4.00. The van der Waals surface area contributed by atoms with Crippen molar-refractivity contribution >= 4 is 17.7 Å². The van der Waals surface area contributed by atoms with E-state index in [0.29, 0.717) is 18.2 Å². The van der Waals surface area contributed by atoms with Gasteiger partial charge in [-0.15, -0.1) is 6.58 Å². The Hall–Kier alpha value is -2.10. The Morgan fingerprint density at radius 2 is 2.21 bits per heavy atom. The van der Waals surface area contributed by atoms with Gasteiger partial charge in [0.1, 0.15) is 5.82 Å². The minimum atomic E-state index is -1.05. The molecule has 0 bridgehead atoms. The first-order chi connectivity index (χ1) is 9.10. The lowest BCUT2D eigenvalue weighted by Gasteiger charge is -2.23. The fraction of sp³-hybridized carbons (Fsp3) is 0.267. The van der Waals surface area contributed by atoms with Crippen LogP contribution in [0.3, 0.4) is 0 Å². The number of carboxylic acid groups (broad SMARTS) is 1. The summed E-state index contributed by atoms with van der Waals surface area (Å²) in [5.41, 5.74) is 1.32. The number of nitrogens with zero attached hydrogens (tertiary/aromatic N) is 1. The smallest absolute Gasteiger partial charge is 0.328 e. The average Bonchev–Trinajstić information content (AvgIpc) is 3.17. The van der Waals surface area contributed by atoms with E-state index in [9.17, 15) is 9.18 Å². The van der Waals surface area contributed by atoms with Gasteiger partial charge < -0.3 is 10.0 Å². The summed E-state index contributed by atoms with van der Waals surface area (Å²) >= 11 is 0. The van der Waals surface area contributed by atoms with Gasteiger partial charge in [-0.1, -0.05) is 6.08 Å². The van der Waals surface area contributed by atoms with Crippen LogP contribution in [0.5, 0.6) is 0 Å². The number of carboxylic acids is 1. The van der Waals surface area contributed by atoms with Gasteiger partial charge in [-0.25, -0.2) is 9.18 Å². The van der Waals surface area contributed by atoms with Crippen molar-refractivity contribution in [2.45, 2.75) is 18.9 Å². The molecule has 1 aromatic rings. The van der Waals surface area contributed by atoms with E-state index in [1.807, 2.05) is 0 Å². The Morgan fingerprint density at radius 1 is 1.47 bits per heavy atom. The first kappa shape index (κ1) is 13.3. The SMILES string of the molecule is C=CCN(c1cc(F)cc(/C=C/C(=O)O)c1)C1CC1. The van der Waals surface area contributed by atoms with E-state index in [2.05, 4.69) is 11.5 Å². The zero-order chi connectivity index (χ0) is 13.8. The molecule has 0 amide bonds. The maximum absolute atomic E-state index is 13.6. The zero-order valence-corrected chi connectivity index (χ0v) is 10.6. The summed E-state index contributed by atoms with van der Waals surface area (Å²) in [5.74, 6) is -1.41. The molecule has 1 saturated carbocycles. The summed E-state index contributed by atoms with van der Waals surface area (Å²) in [7, 11) is 0. The lowest BCUT2D eigenvalue weighted by molar-refractivity contribution is -0.131. The van der Waals surface area contributed by atoms with E-state index in [4.69, 9.17) is 5.11 Å². The monoisotopic (exact) mass is 261 g/mol. The summed E-state index contributed by atoms with van der Waals surface area (Å²) < 4.78 is 13.6. The number of aliphatic carboxylic acids is 1. The van der Waals surface area contributed by atoms with Crippen LogP contribution in [0.2, 0.25) is 0 Å². The van der Waals surface area contributed by atoms with Gasteiger partial charge in [0.15, 0.2) is 0 Å². The van der Waals surface area contributed by atoms with Crippen LogP contribution in [0.15, 0.2) is 36.9 Å². The molecule has 0 unspecified atom stereocenters. The van der Waals surface area contributed by atoms with Crippen molar-refractivity contribution in [1.82, 2.24) is 0 Å². The number of halogens is 1. The van der Waals surface area contributed by atoms with Crippen LogP contribution in [-0.2, 0) is 4.79 Å². The number of hydrogen-bond acceptors (Lipinski definition) is 2. The van der Waals surface area contributed by atoms with Crippen LogP contribution in [0.1, 0.15) is 18.4 Å². The van der Waals surface area contributed by atoms with Crippen LogP contribution < -0.4 is 4.90 Å². The van der Waals surface area contributed by atoms with Crippen LogP contribution in [0, 0.1) is 5.82 Å². The van der Waals surface area contributed by atoms with E-state index in [-0.39, 0.29) is 5.82 Å². The van der Waals surface area contributed by atoms with Gasteiger partial charge in [-0.3, -0.25) is 0 Å². The molecule has 0 heterocycles. The second kappa shape index (κ2) is 5.69. The minimum absolute atomic E-state index is 0.364. The molecular formula is C15H16FNO2. The highest BCUT2D eigenvalue weighted by Crippen LogP contribution is 2.32. The van der Waals surface area contributed by atoms with Crippen LogP contribution in [0.25, 0.3) is 6.08 Å². The molecule has 4 heteroatoms. The molecule has 0 radical (unpaired) electrons. The molecule has 0 aliphatic heterocycles. The topological polar surface area (TPSA) is 40.5 Å². The quantitative estimate of drug-likeness (QED) is 0.632. The third kappa shape index (κ3) is 3.68. The van der Waals surface area contributed by atoms with Crippen molar-refractivity contribution in [3.05, 3.63) is 48.3 Å². The van der Waals surface area contributed by atoms with E-state index >= 15 is 0 Å². The van der Waals surface area contributed by atoms with Gasteiger partial charge >= 0.3 is 5.97 Å². The lowest BCUT2D eigenvalue weighted by atomic mass is 10.1. The number of rotatable bonds is 6. The number of benzene rings is 1. The number of hydrogen-bond donors (Lipinski definition) is 1. The molecule has 0 spiro atoms. The highest BCUT2D eigenvalue weighted by Gasteiger charge is 2.28. The van der Waals surface area contributed by atoms with Crippen molar-refractivity contribution < 1.29 is 14.3 Å². The Bertz CT molecular complexity index is 521. The fourth-order valence-corrected chi connectivity index (χ4v) is 2.02. The largest absolute Gasteiger partial charge is 0.478 e. The molecule has 0 aromatic heterocycles. The second-order valence-corrected chi connectivity index (χ2v) is 4.59. The van der Waals surface area contributed by atoms with Crippen molar-refractivity contribution in [2.24, 2.45) is 0 Å². The molecule has 0 atom stereocenters. The first-order valence-corrected chi connectivity index (χ1v) is 6.19. The second-order valence-electron chi connectivity index (χ2n) is 4.59. The van der Waals surface area contributed by atoms with E-state index < -0.39 is 5.97 Å². The van der Waals surface area contributed by atoms with E-state index in [1.54, 1.807) is 12.1 Å². The molecular weight excluding hydrogens is 245 g/mol. The zero-order valence-electron chi connectivity index (χ0n) is 10.6. The first-order valence-electron chi connectivity index (χ1n) is 6.19. The van der Waals surface area contributed by atoms with Crippen molar-refractivity contribution in [3.63, 3.8) is 0 Å². The third-order valence-electron chi connectivity index (χ3n) is 2.97. The third-order valence-corrected chi connectivity index (χ3v) is 2.97. The summed E-state index contributed by atoms with van der Waals surface area (Å²) in [6.07, 6.45) is 6.40. The van der Waals surface area contributed by atoms with Crippen molar-refractivity contribution in [2.75, 3.05) is 11.4 Å². The van der Waals surface area contributed by atoms with Crippen LogP contribution >= 0.6 is 0 Å². The van der Waals surface area contributed by atoms with Crippen molar-refractivity contribution in [3.8, 4) is 0 Å². The molecule has 0 saturated heterocycles. The Balaban J connectivity index is 2.28. The lowest BCUT2D eigenvalue weighted by Crippen LogP contribution is -2.25. The molecule has 1 aliphatic rings. The van der Waals surface area contributed by atoms with Gasteiger partial charge in [0.05, 0.1) is 0 Å². The molecule has 1 aliphatic carbocycles. The molecule has 1 fully saturated rings. The summed E-state index contributed by atoms with van der Waals surface area (Å²) in [6, 6.07) is 5.03. The van der Waals surface area contributed by atoms with Gasteiger partial charge in [0.25, 0.3) is 0 Å². The number of anilines is 1. The van der Waals surface area contributed by atoms with E-state index in [0.717, 1.165) is 24.6 Å². The summed E-state index contributed by atoms with van der Waals surface area (Å²) in [5, 5.41) is 8.60. The predicted molar refractivity (Wildman–Crippen MR) is 73.6 cm³/mol. The summed E-state index contributed by atoms with van der Waals surface area (Å²) in [4.78, 5) is 12.6. The summed E-state index contributed by atoms with van der Waals surface area (Å²) in [6.45, 7) is 4.38. The van der Waals surface area contributed by atoms with Gasteiger partial charge in [0.2, 0.25) is 0 Å². The Morgan fingerprint density at radius 3 is 2.79 bits per heavy atom. The minimum Gasteiger partial charge on any atom is -0.478 e. The maximum Gasteiger partial charge on any atom is 0.328 e. The van der Waals surface area contributed by atoms with Gasteiger partial charge in [-0.05, 0) is 42.7 Å². The highest BCUT2D eigenvalue weighted by molar-refractivity contribution is 5.85. The van der Waals surface area contributed by atoms with Crippen LogP contribution in [-0.4, -0.2) is 23.7 Å². The van der Waals surface area contributed by atoms with Gasteiger partial charge in [0, 0.05) is 24.4 Å². The van der Waals surface area contributed by atoms with Crippen molar-refractivity contribution in [1.29, 1.82) is 0 Å². The number of carbonyl (C=O) groups is 1. The molecule has 100 valence electrons. The van der Waals surface area contributed by atoms with Crippen LogP contribution in [0.4, 0.5) is 10.1 Å². The van der Waals surface area contributed by atoms with Gasteiger partial charge in [-0.2, -0.15) is 0 Å². The fourth-order valence-electron chi connectivity index (χ4n) is 2.02. The average molecular weight is 261 g/mol. The molecule has 3 nitrogen and oxygen atoms in total. The predicted octanol–water partition coefficient (Wildman–Crippen LogP) is 3.08. The molecule has 1 N–H and O–H groups in total. The standard InChI is InChI=1S/C15H16FNO2/c1-2-7-17(13-4-5-13)14-9-11(3-6-15(18)19)8-12(16)10-14/h2-3,6,8-10,13H,1,4-5,7H2,(H,18,19)/b6-3+.